The smallest absolute Gasteiger partial charge is 0.321 e. The number of hydrogen-bond donors (Lipinski definition) is 2. The van der Waals surface area contributed by atoms with Gasteiger partial charge in [0.25, 0.3) is 0 Å². The average molecular weight is 450 g/mol. The highest BCUT2D eigenvalue weighted by atomic mass is 19.1. The Labute approximate surface area is 191 Å². The van der Waals surface area contributed by atoms with E-state index in [1.165, 1.54) is 18.2 Å². The summed E-state index contributed by atoms with van der Waals surface area (Å²) >= 11 is 0. The number of nitrogens with zero attached hydrogens (tertiary/aromatic N) is 1. The first-order valence-electron chi connectivity index (χ1n) is 11.0. The minimum absolute atomic E-state index is 0.157. The highest BCUT2D eigenvalue weighted by Gasteiger charge is 2.43. The van der Waals surface area contributed by atoms with Crippen LogP contribution in [-0.4, -0.2) is 29.6 Å². The van der Waals surface area contributed by atoms with Gasteiger partial charge in [0.05, 0.1) is 5.54 Å². The number of carbonyl (C=O) groups is 1. The lowest BCUT2D eigenvalue weighted by Crippen LogP contribution is -2.69. The van der Waals surface area contributed by atoms with Gasteiger partial charge in [-0.25, -0.2) is 13.6 Å². The SMILES string of the molecule is CC1(NC2CCc3cc(F)ccc32)CN(C(=O)Nc2ccc(Oc3ccc(F)cc3)cc2)C1. The third kappa shape index (κ3) is 4.68. The van der Waals surface area contributed by atoms with Crippen molar-refractivity contribution in [2.45, 2.75) is 31.3 Å². The lowest BCUT2D eigenvalue weighted by atomic mass is 9.90. The summed E-state index contributed by atoms with van der Waals surface area (Å²) in [4.78, 5) is 14.4. The predicted octanol–water partition coefficient (Wildman–Crippen LogP) is 5.64. The van der Waals surface area contributed by atoms with Crippen LogP contribution in [0.25, 0.3) is 0 Å². The van der Waals surface area contributed by atoms with E-state index in [2.05, 4.69) is 17.6 Å². The van der Waals surface area contributed by atoms with E-state index in [1.807, 2.05) is 6.07 Å². The summed E-state index contributed by atoms with van der Waals surface area (Å²) in [6.07, 6.45) is 1.80. The maximum absolute atomic E-state index is 13.5. The Morgan fingerprint density at radius 1 is 0.970 bits per heavy atom. The standard InChI is InChI=1S/C26H25F2N3O2/c1-26(30-24-13-2-17-14-19(28)5-12-23(17)24)15-31(16-26)25(32)29-20-6-10-22(11-7-20)33-21-8-3-18(27)4-9-21/h3-12,14,24,30H,2,13,15-16H2,1H3,(H,29,32). The molecule has 1 saturated heterocycles. The fraction of sp³-hybridized carbons (Fsp3) is 0.269. The van der Waals surface area contributed by atoms with Gasteiger partial charge in [-0.3, -0.25) is 0 Å². The van der Waals surface area contributed by atoms with Crippen molar-refractivity contribution >= 4 is 11.7 Å². The van der Waals surface area contributed by atoms with Crippen LogP contribution < -0.4 is 15.4 Å². The molecule has 7 heteroatoms. The van der Waals surface area contributed by atoms with E-state index in [1.54, 1.807) is 47.4 Å². The number of amides is 2. The second-order valence-corrected chi connectivity index (χ2v) is 9.01. The molecule has 1 atom stereocenters. The summed E-state index contributed by atoms with van der Waals surface area (Å²) in [5.74, 6) is 0.621. The number of nitrogens with one attached hydrogen (secondary N) is 2. The van der Waals surface area contributed by atoms with Gasteiger partial charge < -0.3 is 20.3 Å². The van der Waals surface area contributed by atoms with Crippen molar-refractivity contribution in [1.82, 2.24) is 10.2 Å². The van der Waals surface area contributed by atoms with Crippen LogP contribution in [0.15, 0.2) is 66.7 Å². The molecule has 2 N–H and O–H groups in total. The zero-order chi connectivity index (χ0) is 23.0. The number of fused-ring (bicyclic) bond motifs is 1. The summed E-state index contributed by atoms with van der Waals surface area (Å²) in [6, 6.07) is 17.9. The summed E-state index contributed by atoms with van der Waals surface area (Å²) in [6.45, 7) is 3.30. The van der Waals surface area contributed by atoms with Crippen LogP contribution in [-0.2, 0) is 6.42 Å². The van der Waals surface area contributed by atoms with Crippen molar-refractivity contribution in [2.75, 3.05) is 18.4 Å². The van der Waals surface area contributed by atoms with E-state index in [-0.39, 0.29) is 29.2 Å². The molecule has 0 saturated carbocycles. The summed E-state index contributed by atoms with van der Waals surface area (Å²) in [5, 5.41) is 6.57. The number of ether oxygens (including phenoxy) is 1. The van der Waals surface area contributed by atoms with Gasteiger partial charge in [0.2, 0.25) is 0 Å². The molecule has 0 aromatic heterocycles. The van der Waals surface area contributed by atoms with Crippen molar-refractivity contribution in [3.63, 3.8) is 0 Å². The molecule has 0 bridgehead atoms. The second kappa shape index (κ2) is 8.48. The van der Waals surface area contributed by atoms with E-state index in [9.17, 15) is 13.6 Å². The van der Waals surface area contributed by atoms with Crippen molar-refractivity contribution in [1.29, 1.82) is 0 Å². The predicted molar refractivity (Wildman–Crippen MR) is 123 cm³/mol. The van der Waals surface area contributed by atoms with Gasteiger partial charge in [-0.1, -0.05) is 6.07 Å². The molecule has 2 amide bonds. The fourth-order valence-electron chi connectivity index (χ4n) is 4.64. The van der Waals surface area contributed by atoms with Crippen LogP contribution in [0.4, 0.5) is 19.3 Å². The number of halogens is 2. The minimum atomic E-state index is -0.318. The van der Waals surface area contributed by atoms with Gasteiger partial charge in [-0.15, -0.1) is 0 Å². The van der Waals surface area contributed by atoms with Gasteiger partial charge in [-0.2, -0.15) is 0 Å². The highest BCUT2D eigenvalue weighted by Crippen LogP contribution is 2.35. The van der Waals surface area contributed by atoms with Gasteiger partial charge in [0.15, 0.2) is 0 Å². The molecular formula is C26H25F2N3O2. The molecule has 5 rings (SSSR count). The van der Waals surface area contributed by atoms with E-state index >= 15 is 0 Å². The lowest BCUT2D eigenvalue weighted by molar-refractivity contribution is 0.0789. The zero-order valence-electron chi connectivity index (χ0n) is 18.3. The molecule has 3 aromatic rings. The zero-order valence-corrected chi connectivity index (χ0v) is 18.3. The lowest BCUT2D eigenvalue weighted by Gasteiger charge is -2.49. The molecule has 1 fully saturated rings. The van der Waals surface area contributed by atoms with E-state index in [0.29, 0.717) is 30.3 Å². The summed E-state index contributed by atoms with van der Waals surface area (Å²) in [7, 11) is 0. The molecule has 3 aromatic carbocycles. The van der Waals surface area contributed by atoms with Crippen molar-refractivity contribution < 1.29 is 18.3 Å². The van der Waals surface area contributed by atoms with Gasteiger partial charge in [0.1, 0.15) is 23.1 Å². The maximum Gasteiger partial charge on any atom is 0.321 e. The molecule has 1 aliphatic carbocycles. The first-order valence-corrected chi connectivity index (χ1v) is 11.0. The molecule has 170 valence electrons. The molecule has 5 nitrogen and oxygen atoms in total. The minimum Gasteiger partial charge on any atom is -0.457 e. The first-order chi connectivity index (χ1) is 15.9. The number of likely N-dealkylation sites (tertiary alicyclic amines) is 1. The van der Waals surface area contributed by atoms with Gasteiger partial charge in [0, 0.05) is 24.8 Å². The molecule has 33 heavy (non-hydrogen) atoms. The van der Waals surface area contributed by atoms with Crippen LogP contribution in [0.1, 0.15) is 30.5 Å². The van der Waals surface area contributed by atoms with E-state index in [4.69, 9.17) is 4.74 Å². The normalized spacial score (nSPS) is 18.4. The largest absolute Gasteiger partial charge is 0.457 e. The van der Waals surface area contributed by atoms with Crippen LogP contribution in [0.2, 0.25) is 0 Å². The Balaban J connectivity index is 1.13. The Morgan fingerprint density at radius 2 is 1.61 bits per heavy atom. The van der Waals surface area contributed by atoms with E-state index in [0.717, 1.165) is 24.0 Å². The average Bonchev–Trinajstić information content (AvgIpc) is 3.16. The molecule has 1 unspecified atom stereocenters. The Morgan fingerprint density at radius 3 is 2.30 bits per heavy atom. The van der Waals surface area contributed by atoms with Gasteiger partial charge >= 0.3 is 6.03 Å². The molecular weight excluding hydrogens is 424 g/mol. The molecule has 0 spiro atoms. The maximum atomic E-state index is 13.5. The van der Waals surface area contributed by atoms with E-state index < -0.39 is 0 Å². The number of aryl methyl sites for hydroxylation is 1. The number of urea groups is 1. The summed E-state index contributed by atoms with van der Waals surface area (Å²) < 4.78 is 32.1. The molecule has 1 heterocycles. The topological polar surface area (TPSA) is 53.6 Å². The first kappa shape index (κ1) is 21.4. The quantitative estimate of drug-likeness (QED) is 0.530. The third-order valence-corrected chi connectivity index (χ3v) is 6.23. The van der Waals surface area contributed by atoms with Crippen LogP contribution in [0.3, 0.4) is 0 Å². The van der Waals surface area contributed by atoms with Crippen LogP contribution in [0.5, 0.6) is 11.5 Å². The van der Waals surface area contributed by atoms with Gasteiger partial charge in [-0.05, 0) is 91.6 Å². The highest BCUT2D eigenvalue weighted by molar-refractivity contribution is 5.90. The monoisotopic (exact) mass is 449 g/mol. The van der Waals surface area contributed by atoms with Crippen LogP contribution >= 0.6 is 0 Å². The van der Waals surface area contributed by atoms with Crippen molar-refractivity contribution in [3.8, 4) is 11.5 Å². The Kier molecular flexibility index (Phi) is 5.50. The number of rotatable bonds is 5. The Hall–Kier alpha value is -3.45. The number of benzene rings is 3. The van der Waals surface area contributed by atoms with Crippen LogP contribution in [0, 0.1) is 11.6 Å². The second-order valence-electron chi connectivity index (χ2n) is 9.01. The number of hydrogen-bond acceptors (Lipinski definition) is 3. The molecule has 2 aliphatic rings. The number of carbonyl (C=O) groups excluding carboxylic acids is 1. The van der Waals surface area contributed by atoms with Crippen molar-refractivity contribution in [2.24, 2.45) is 0 Å². The number of anilines is 1. The molecule has 0 radical (unpaired) electrons. The summed E-state index contributed by atoms with van der Waals surface area (Å²) in [5.41, 5.74) is 2.71. The Bertz CT molecular complexity index is 1160. The molecule has 1 aliphatic heterocycles. The third-order valence-electron chi connectivity index (χ3n) is 6.23. The fourth-order valence-corrected chi connectivity index (χ4v) is 4.64. The van der Waals surface area contributed by atoms with Crippen molar-refractivity contribution in [3.05, 3.63) is 89.5 Å².